The number of carbonyl (C=O) groups is 1. The molecule has 0 bridgehead atoms. The zero-order chi connectivity index (χ0) is 17.4. The molecule has 1 amide bonds. The minimum atomic E-state index is -0.119. The summed E-state index contributed by atoms with van der Waals surface area (Å²) in [6.07, 6.45) is 5.51. The fourth-order valence-corrected chi connectivity index (χ4v) is 4.83. The number of hydrogen-bond acceptors (Lipinski definition) is 3. The summed E-state index contributed by atoms with van der Waals surface area (Å²) in [6.45, 7) is 4.12. The summed E-state index contributed by atoms with van der Waals surface area (Å²) in [6, 6.07) is 11.5. The summed E-state index contributed by atoms with van der Waals surface area (Å²) in [5.74, 6) is 0.465. The van der Waals surface area contributed by atoms with E-state index in [0.29, 0.717) is 11.4 Å². The molecule has 0 unspecified atom stereocenters. The summed E-state index contributed by atoms with van der Waals surface area (Å²) in [7, 11) is 0. The van der Waals surface area contributed by atoms with Gasteiger partial charge < -0.3 is 5.32 Å². The molecule has 2 heterocycles. The van der Waals surface area contributed by atoms with Gasteiger partial charge in [-0.2, -0.15) is 0 Å². The molecule has 0 atom stereocenters. The Labute approximate surface area is 151 Å². The Morgan fingerprint density at radius 3 is 2.72 bits per heavy atom. The normalized spacial score (nSPS) is 12.9. The van der Waals surface area contributed by atoms with E-state index in [-0.39, 0.29) is 5.91 Å². The van der Waals surface area contributed by atoms with Gasteiger partial charge in [0, 0.05) is 32.6 Å². The van der Waals surface area contributed by atoms with E-state index in [1.807, 2.05) is 54.8 Å². The maximum absolute atomic E-state index is 12.4. The van der Waals surface area contributed by atoms with Crippen LogP contribution in [0.4, 0.5) is 5.82 Å². The number of thiophene rings is 1. The summed E-state index contributed by atoms with van der Waals surface area (Å²) < 4.78 is 0. The lowest BCUT2D eigenvalue weighted by Crippen LogP contribution is -2.14. The Hall–Kier alpha value is -2.46. The first-order chi connectivity index (χ1) is 12.1. The fourth-order valence-electron chi connectivity index (χ4n) is 3.55. The second kappa shape index (κ2) is 6.45. The van der Waals surface area contributed by atoms with Crippen molar-refractivity contribution in [3.63, 3.8) is 0 Å². The van der Waals surface area contributed by atoms with Crippen LogP contribution in [0, 0.1) is 13.8 Å². The summed E-state index contributed by atoms with van der Waals surface area (Å²) in [5, 5.41) is 2.89. The number of fused-ring (bicyclic) bond motifs is 1. The van der Waals surface area contributed by atoms with Gasteiger partial charge >= 0.3 is 0 Å². The van der Waals surface area contributed by atoms with Crippen LogP contribution in [0.5, 0.6) is 0 Å². The van der Waals surface area contributed by atoms with E-state index in [1.54, 1.807) is 0 Å². The average Bonchev–Trinajstić information content (AvgIpc) is 3.16. The Bertz CT molecular complexity index is 941. The Morgan fingerprint density at radius 2 is 1.96 bits per heavy atom. The van der Waals surface area contributed by atoms with Gasteiger partial charge in [0.2, 0.25) is 0 Å². The molecule has 3 aromatic rings. The predicted octanol–water partition coefficient (Wildman–Crippen LogP) is 5.17. The lowest BCUT2D eigenvalue weighted by Gasteiger charge is -2.08. The zero-order valence-electron chi connectivity index (χ0n) is 14.4. The highest BCUT2D eigenvalue weighted by Gasteiger charge is 2.21. The van der Waals surface area contributed by atoms with Gasteiger partial charge in [0.1, 0.15) is 5.82 Å². The number of hydrogen-bond donors (Lipinski definition) is 1. The molecule has 126 valence electrons. The number of anilines is 1. The van der Waals surface area contributed by atoms with Crippen LogP contribution in [0.3, 0.4) is 0 Å². The maximum Gasteiger partial charge on any atom is 0.257 e. The van der Waals surface area contributed by atoms with E-state index in [1.165, 1.54) is 40.1 Å². The lowest BCUT2D eigenvalue weighted by molar-refractivity contribution is 0.102. The molecule has 25 heavy (non-hydrogen) atoms. The molecule has 1 aliphatic rings. The number of benzene rings is 1. The number of nitrogens with zero attached hydrogens (tertiary/aromatic N) is 1. The molecule has 3 nitrogen and oxygen atoms in total. The molecule has 0 spiro atoms. The SMILES string of the molecule is Cc1ccccc1C(=O)Nc1ccc(-c2c(C)sc3c2CCC3)cn1. The van der Waals surface area contributed by atoms with E-state index < -0.39 is 0 Å². The van der Waals surface area contributed by atoms with E-state index in [0.717, 1.165) is 11.1 Å². The molecule has 1 aliphatic carbocycles. The van der Waals surface area contributed by atoms with Crippen molar-refractivity contribution in [1.29, 1.82) is 0 Å². The third-order valence-corrected chi connectivity index (χ3v) is 5.99. The van der Waals surface area contributed by atoms with E-state index in [4.69, 9.17) is 0 Å². The Balaban J connectivity index is 1.57. The van der Waals surface area contributed by atoms with Crippen molar-refractivity contribution in [1.82, 2.24) is 4.98 Å². The Morgan fingerprint density at radius 1 is 1.12 bits per heavy atom. The summed E-state index contributed by atoms with van der Waals surface area (Å²) in [4.78, 5) is 19.8. The molecule has 1 aromatic carbocycles. The average molecular weight is 348 g/mol. The van der Waals surface area contributed by atoms with Gasteiger partial charge in [0.05, 0.1) is 0 Å². The number of amides is 1. The Kier molecular flexibility index (Phi) is 4.14. The molecule has 0 aliphatic heterocycles. The maximum atomic E-state index is 12.4. The summed E-state index contributed by atoms with van der Waals surface area (Å²) >= 11 is 1.91. The van der Waals surface area contributed by atoms with E-state index >= 15 is 0 Å². The quantitative estimate of drug-likeness (QED) is 0.709. The third-order valence-electron chi connectivity index (χ3n) is 4.78. The topological polar surface area (TPSA) is 42.0 Å². The molecule has 0 saturated carbocycles. The van der Waals surface area contributed by atoms with Gasteiger partial charge in [-0.05, 0) is 62.4 Å². The number of pyridine rings is 1. The van der Waals surface area contributed by atoms with Crippen LogP contribution in [0.1, 0.15) is 37.7 Å². The van der Waals surface area contributed by atoms with Crippen LogP contribution < -0.4 is 5.32 Å². The smallest absolute Gasteiger partial charge is 0.257 e. The van der Waals surface area contributed by atoms with Crippen LogP contribution in [-0.4, -0.2) is 10.9 Å². The molecule has 2 aromatic heterocycles. The standard InChI is InChI=1S/C21H20N2OS/c1-13-6-3-4-7-16(13)21(24)23-19-11-10-15(12-22-19)20-14(2)25-18-9-5-8-17(18)20/h3-4,6-7,10-12H,5,8-9H2,1-2H3,(H,22,23,24). The number of nitrogens with one attached hydrogen (secondary N) is 1. The molecule has 4 heteroatoms. The van der Waals surface area contributed by atoms with E-state index in [9.17, 15) is 4.79 Å². The number of aromatic nitrogens is 1. The first kappa shape index (κ1) is 16.0. The largest absolute Gasteiger partial charge is 0.307 e. The van der Waals surface area contributed by atoms with Gasteiger partial charge in [0.15, 0.2) is 0 Å². The van der Waals surface area contributed by atoms with Crippen LogP contribution in [0.15, 0.2) is 42.6 Å². The van der Waals surface area contributed by atoms with Gasteiger partial charge in [-0.3, -0.25) is 4.79 Å². The number of carbonyl (C=O) groups excluding carboxylic acids is 1. The molecule has 0 radical (unpaired) electrons. The molecular formula is C21H20N2OS. The minimum absolute atomic E-state index is 0.119. The highest BCUT2D eigenvalue weighted by Crippen LogP contribution is 2.40. The fraction of sp³-hybridized carbons (Fsp3) is 0.238. The van der Waals surface area contributed by atoms with Crippen LogP contribution in [0.25, 0.3) is 11.1 Å². The summed E-state index contributed by atoms with van der Waals surface area (Å²) in [5.41, 5.74) is 5.63. The van der Waals surface area contributed by atoms with Crippen LogP contribution >= 0.6 is 11.3 Å². The van der Waals surface area contributed by atoms with Gasteiger partial charge in [-0.25, -0.2) is 4.98 Å². The van der Waals surface area contributed by atoms with Crippen LogP contribution in [0.2, 0.25) is 0 Å². The highest BCUT2D eigenvalue weighted by atomic mass is 32.1. The van der Waals surface area contributed by atoms with Crippen LogP contribution in [-0.2, 0) is 12.8 Å². The van der Waals surface area contributed by atoms with Crippen molar-refractivity contribution >= 4 is 23.1 Å². The molecule has 0 fully saturated rings. The number of rotatable bonds is 3. The van der Waals surface area contributed by atoms with Crippen molar-refractivity contribution in [3.05, 3.63) is 69.0 Å². The monoisotopic (exact) mass is 348 g/mol. The second-order valence-electron chi connectivity index (χ2n) is 6.49. The molecule has 0 saturated heterocycles. The van der Waals surface area contributed by atoms with Crippen molar-refractivity contribution in [2.45, 2.75) is 33.1 Å². The third kappa shape index (κ3) is 2.98. The molecule has 1 N–H and O–H groups in total. The second-order valence-corrected chi connectivity index (χ2v) is 7.80. The zero-order valence-corrected chi connectivity index (χ0v) is 15.2. The highest BCUT2D eigenvalue weighted by molar-refractivity contribution is 7.12. The van der Waals surface area contributed by atoms with Gasteiger partial charge in [-0.15, -0.1) is 11.3 Å². The van der Waals surface area contributed by atoms with Crippen molar-refractivity contribution in [3.8, 4) is 11.1 Å². The lowest BCUT2D eigenvalue weighted by atomic mass is 10.0. The van der Waals surface area contributed by atoms with Crippen molar-refractivity contribution < 1.29 is 4.79 Å². The van der Waals surface area contributed by atoms with E-state index in [2.05, 4.69) is 23.3 Å². The first-order valence-electron chi connectivity index (χ1n) is 8.58. The minimum Gasteiger partial charge on any atom is -0.307 e. The predicted molar refractivity (Wildman–Crippen MR) is 103 cm³/mol. The van der Waals surface area contributed by atoms with Gasteiger partial charge in [-0.1, -0.05) is 18.2 Å². The first-order valence-corrected chi connectivity index (χ1v) is 9.39. The van der Waals surface area contributed by atoms with Crippen molar-refractivity contribution in [2.24, 2.45) is 0 Å². The number of aryl methyl sites for hydroxylation is 3. The molecular weight excluding hydrogens is 328 g/mol. The molecule has 4 rings (SSSR count). The van der Waals surface area contributed by atoms with Crippen molar-refractivity contribution in [2.75, 3.05) is 5.32 Å². The van der Waals surface area contributed by atoms with Gasteiger partial charge in [0.25, 0.3) is 5.91 Å².